The number of hydrogen-bond acceptors (Lipinski definition) is 11. The third kappa shape index (κ3) is 7.12. The summed E-state index contributed by atoms with van der Waals surface area (Å²) >= 11 is 0. The third-order valence-corrected chi connectivity index (χ3v) is 14.5. The predicted octanol–water partition coefficient (Wildman–Crippen LogP) is 3.04. The van der Waals surface area contributed by atoms with Crippen LogP contribution in [0.2, 0.25) is 0 Å². The van der Waals surface area contributed by atoms with Crippen LogP contribution in [0, 0.1) is 46.3 Å². The molecule has 0 aromatic heterocycles. The quantitative estimate of drug-likeness (QED) is 0.157. The van der Waals surface area contributed by atoms with E-state index in [0.717, 1.165) is 55.3 Å². The molecule has 6 aliphatic rings. The second kappa shape index (κ2) is 15.6. The molecular formula is C39H66O11. The lowest BCUT2D eigenvalue weighted by molar-refractivity contribution is -0.363. The molecule has 2 saturated heterocycles. The maximum atomic E-state index is 11.1. The van der Waals surface area contributed by atoms with Gasteiger partial charge in [-0.1, -0.05) is 65.5 Å². The van der Waals surface area contributed by atoms with Crippen molar-refractivity contribution in [2.24, 2.45) is 46.3 Å². The fourth-order valence-corrected chi connectivity index (χ4v) is 11.6. The molecule has 11 nitrogen and oxygen atoms in total. The number of hydrogen-bond donors (Lipinski definition) is 7. The minimum atomic E-state index is -1.71. The second-order valence-electron chi connectivity index (χ2n) is 17.8. The maximum absolute atomic E-state index is 11.1. The number of ether oxygens (including phenoxy) is 4. The topological polar surface area (TPSA) is 179 Å². The Hall–Kier alpha value is -0.700. The number of fused-ring (bicyclic) bond motifs is 5. The van der Waals surface area contributed by atoms with E-state index in [-0.39, 0.29) is 11.5 Å². The Balaban J connectivity index is 1.07. The van der Waals surface area contributed by atoms with E-state index in [2.05, 4.69) is 40.7 Å². The van der Waals surface area contributed by atoms with Gasteiger partial charge in [0.25, 0.3) is 0 Å². The molecule has 0 radical (unpaired) electrons. The van der Waals surface area contributed by atoms with Gasteiger partial charge >= 0.3 is 0 Å². The molecule has 0 aromatic rings. The Kier molecular flexibility index (Phi) is 12.1. The SMILES string of the molecule is CC(C)CCCC(C)C1CCC2C3CC=C4CC(OC5OC(CO)C(OC6OC(CO)C(O)C(O)C6O)C(O)C5O)CCC4(C)C3CCC12C. The van der Waals surface area contributed by atoms with Crippen LogP contribution in [0.5, 0.6) is 0 Å². The fourth-order valence-electron chi connectivity index (χ4n) is 11.6. The maximum Gasteiger partial charge on any atom is 0.187 e. The van der Waals surface area contributed by atoms with Crippen molar-refractivity contribution in [3.8, 4) is 0 Å². The summed E-state index contributed by atoms with van der Waals surface area (Å²) in [5.74, 6) is 4.55. The van der Waals surface area contributed by atoms with Gasteiger partial charge in [0.15, 0.2) is 12.6 Å². The van der Waals surface area contributed by atoms with Crippen molar-refractivity contribution in [2.45, 2.75) is 173 Å². The summed E-state index contributed by atoms with van der Waals surface area (Å²) in [6.07, 6.45) is 0.703. The highest BCUT2D eigenvalue weighted by Gasteiger charge is 2.59. The molecule has 288 valence electrons. The van der Waals surface area contributed by atoms with E-state index in [9.17, 15) is 35.7 Å². The van der Waals surface area contributed by atoms with Gasteiger partial charge < -0.3 is 54.7 Å². The molecule has 50 heavy (non-hydrogen) atoms. The van der Waals surface area contributed by atoms with Crippen molar-refractivity contribution in [3.63, 3.8) is 0 Å². The Morgan fingerprint density at radius 3 is 2.14 bits per heavy atom. The highest BCUT2D eigenvalue weighted by atomic mass is 16.7. The lowest BCUT2D eigenvalue weighted by Crippen LogP contribution is -2.65. The van der Waals surface area contributed by atoms with Crippen LogP contribution in [-0.4, -0.2) is 116 Å². The summed E-state index contributed by atoms with van der Waals surface area (Å²) in [5.41, 5.74) is 1.99. The summed E-state index contributed by atoms with van der Waals surface area (Å²) < 4.78 is 23.4. The summed E-state index contributed by atoms with van der Waals surface area (Å²) in [6, 6.07) is 0. The van der Waals surface area contributed by atoms with Crippen molar-refractivity contribution in [2.75, 3.05) is 13.2 Å². The molecule has 6 rings (SSSR count). The zero-order valence-corrected chi connectivity index (χ0v) is 30.8. The van der Waals surface area contributed by atoms with Gasteiger partial charge in [0.1, 0.15) is 48.8 Å². The highest BCUT2D eigenvalue weighted by molar-refractivity contribution is 5.25. The summed E-state index contributed by atoms with van der Waals surface area (Å²) in [6.45, 7) is 11.0. The van der Waals surface area contributed by atoms with Crippen LogP contribution in [-0.2, 0) is 18.9 Å². The normalized spacial score (nSPS) is 49.9. The van der Waals surface area contributed by atoms with E-state index < -0.39 is 74.6 Å². The Bertz CT molecular complexity index is 1160. The van der Waals surface area contributed by atoms with E-state index in [0.29, 0.717) is 11.3 Å². The number of rotatable bonds is 11. The standard InChI is InChI=1S/C39H66O11/c1-20(2)7-6-8-21(3)25-11-12-26-24-10-9-22-17-23(13-15-38(22,4)27(24)14-16-39(25,26)5)47-36-34(46)32(44)35(29(19-41)49-36)50-37-33(45)31(43)30(42)28(18-40)48-37/h9,20-21,23-37,40-46H,6-8,10-19H2,1-5H3. The Morgan fingerprint density at radius 2 is 1.44 bits per heavy atom. The number of allylic oxidation sites excluding steroid dienone is 1. The molecule has 3 saturated carbocycles. The second-order valence-corrected chi connectivity index (χ2v) is 17.8. The smallest absolute Gasteiger partial charge is 0.187 e. The molecule has 11 heteroatoms. The zero-order chi connectivity index (χ0) is 36.1. The molecule has 0 aromatic carbocycles. The molecule has 2 aliphatic heterocycles. The first-order chi connectivity index (χ1) is 23.7. The van der Waals surface area contributed by atoms with Crippen LogP contribution in [0.1, 0.15) is 105 Å². The predicted molar refractivity (Wildman–Crippen MR) is 184 cm³/mol. The van der Waals surface area contributed by atoms with E-state index >= 15 is 0 Å². The fraction of sp³-hybridized carbons (Fsp3) is 0.949. The summed E-state index contributed by atoms with van der Waals surface area (Å²) in [5, 5.41) is 72.6. The monoisotopic (exact) mass is 710 g/mol. The molecule has 18 atom stereocenters. The van der Waals surface area contributed by atoms with Crippen LogP contribution < -0.4 is 0 Å². The van der Waals surface area contributed by atoms with Crippen LogP contribution in [0.25, 0.3) is 0 Å². The molecule has 18 unspecified atom stereocenters. The molecule has 0 amide bonds. The minimum absolute atomic E-state index is 0.120. The first-order valence-corrected chi connectivity index (χ1v) is 19.7. The first kappa shape index (κ1) is 39.0. The summed E-state index contributed by atoms with van der Waals surface area (Å²) in [4.78, 5) is 0. The molecular weight excluding hydrogens is 644 g/mol. The van der Waals surface area contributed by atoms with E-state index in [4.69, 9.17) is 18.9 Å². The van der Waals surface area contributed by atoms with Gasteiger partial charge in [-0.3, -0.25) is 0 Å². The lowest BCUT2D eigenvalue weighted by atomic mass is 9.47. The molecule has 2 heterocycles. The van der Waals surface area contributed by atoms with Crippen LogP contribution in [0.4, 0.5) is 0 Å². The van der Waals surface area contributed by atoms with Crippen molar-refractivity contribution in [3.05, 3.63) is 11.6 Å². The first-order valence-electron chi connectivity index (χ1n) is 19.7. The van der Waals surface area contributed by atoms with Gasteiger partial charge in [-0.15, -0.1) is 0 Å². The van der Waals surface area contributed by atoms with Gasteiger partial charge in [-0.2, -0.15) is 0 Å². The van der Waals surface area contributed by atoms with E-state index in [1.807, 2.05) is 0 Å². The van der Waals surface area contributed by atoms with Crippen LogP contribution in [0.15, 0.2) is 11.6 Å². The third-order valence-electron chi connectivity index (χ3n) is 14.5. The average Bonchev–Trinajstić information content (AvgIpc) is 3.45. The lowest BCUT2D eigenvalue weighted by Gasteiger charge is -2.58. The number of aliphatic hydroxyl groups excluding tert-OH is 7. The molecule has 4 aliphatic carbocycles. The van der Waals surface area contributed by atoms with Crippen LogP contribution >= 0.6 is 0 Å². The molecule has 7 N–H and O–H groups in total. The van der Waals surface area contributed by atoms with Gasteiger partial charge in [-0.25, -0.2) is 0 Å². The van der Waals surface area contributed by atoms with Gasteiger partial charge in [-0.05, 0) is 97.7 Å². The van der Waals surface area contributed by atoms with E-state index in [1.165, 1.54) is 50.5 Å². The van der Waals surface area contributed by atoms with E-state index in [1.54, 1.807) is 0 Å². The van der Waals surface area contributed by atoms with Gasteiger partial charge in [0.2, 0.25) is 0 Å². The average molecular weight is 711 g/mol. The highest BCUT2D eigenvalue weighted by Crippen LogP contribution is 2.67. The van der Waals surface area contributed by atoms with Crippen molar-refractivity contribution < 1.29 is 54.7 Å². The molecule has 5 fully saturated rings. The van der Waals surface area contributed by atoms with Gasteiger partial charge in [0, 0.05) is 0 Å². The zero-order valence-electron chi connectivity index (χ0n) is 30.8. The summed E-state index contributed by atoms with van der Waals surface area (Å²) in [7, 11) is 0. The minimum Gasteiger partial charge on any atom is -0.394 e. The van der Waals surface area contributed by atoms with Crippen molar-refractivity contribution in [1.82, 2.24) is 0 Å². The Morgan fingerprint density at radius 1 is 0.760 bits per heavy atom. The van der Waals surface area contributed by atoms with Crippen molar-refractivity contribution >= 4 is 0 Å². The Labute approximate surface area is 298 Å². The van der Waals surface area contributed by atoms with Crippen LogP contribution in [0.3, 0.4) is 0 Å². The van der Waals surface area contributed by atoms with Gasteiger partial charge in [0.05, 0.1) is 19.3 Å². The molecule has 0 spiro atoms. The molecule has 0 bridgehead atoms. The number of aliphatic hydroxyl groups is 7. The largest absolute Gasteiger partial charge is 0.394 e. The van der Waals surface area contributed by atoms with Crippen molar-refractivity contribution in [1.29, 1.82) is 0 Å².